The predicted octanol–water partition coefficient (Wildman–Crippen LogP) is 0.917. The first-order valence-corrected chi connectivity index (χ1v) is 5.30. The number of thioether (sulfide) groups is 1. The molecule has 0 unspecified atom stereocenters. The van der Waals surface area contributed by atoms with Crippen LogP contribution in [0.3, 0.4) is 0 Å². The molecule has 4 nitrogen and oxygen atoms in total. The van der Waals surface area contributed by atoms with Gasteiger partial charge in [-0.3, -0.25) is 9.79 Å². The van der Waals surface area contributed by atoms with Crippen molar-refractivity contribution in [3.63, 3.8) is 0 Å². The molecule has 0 aromatic rings. The molecule has 14 heavy (non-hydrogen) atoms. The van der Waals surface area contributed by atoms with Crippen molar-refractivity contribution in [2.45, 2.75) is 6.92 Å². The molecule has 0 radical (unpaired) electrons. The summed E-state index contributed by atoms with van der Waals surface area (Å²) in [6, 6.07) is 0. The molecule has 0 saturated carbocycles. The zero-order valence-corrected chi connectivity index (χ0v) is 9.73. The van der Waals surface area contributed by atoms with Crippen LogP contribution in [-0.2, 0) is 4.79 Å². The quantitative estimate of drug-likeness (QED) is 0.529. The maximum Gasteiger partial charge on any atom is 0.236 e. The van der Waals surface area contributed by atoms with Gasteiger partial charge < -0.3 is 10.2 Å². The minimum absolute atomic E-state index is 0.0811. The first kappa shape index (κ1) is 13.2. The van der Waals surface area contributed by atoms with Gasteiger partial charge in [0.15, 0.2) is 0 Å². The highest BCUT2D eigenvalue weighted by Gasteiger charge is 2.05. The number of nitrogens with one attached hydrogen (secondary N) is 1. The molecule has 0 aliphatic rings. The van der Waals surface area contributed by atoms with Crippen LogP contribution in [0.4, 0.5) is 0 Å². The Kier molecular flexibility index (Phi) is 7.14. The number of hydrogen-bond donors (Lipinski definition) is 1. The minimum Gasteiger partial charge on any atom is -0.335 e. The Bertz CT molecular complexity index is 228. The maximum absolute atomic E-state index is 11.3. The molecule has 0 spiro atoms. The molecule has 0 fully saturated rings. The van der Waals surface area contributed by atoms with E-state index in [0.717, 1.165) is 5.70 Å². The number of carbonyl (C=O) groups excluding carboxylic acids is 1. The molecule has 80 valence electrons. The van der Waals surface area contributed by atoms with Crippen molar-refractivity contribution in [1.82, 2.24) is 10.2 Å². The van der Waals surface area contributed by atoms with Gasteiger partial charge in [-0.2, -0.15) is 0 Å². The number of carbonyl (C=O) groups is 1. The van der Waals surface area contributed by atoms with Gasteiger partial charge in [0, 0.05) is 12.7 Å². The van der Waals surface area contributed by atoms with Crippen LogP contribution in [0.5, 0.6) is 0 Å². The number of likely N-dealkylation sites (N-methyl/N-ethyl adjacent to an activating group) is 2. The van der Waals surface area contributed by atoms with Gasteiger partial charge in [0.2, 0.25) is 5.91 Å². The zero-order chi connectivity index (χ0) is 11.0. The first-order chi connectivity index (χ1) is 6.61. The van der Waals surface area contributed by atoms with E-state index in [0.29, 0.717) is 12.4 Å². The van der Waals surface area contributed by atoms with Gasteiger partial charge in [-0.15, -0.1) is 11.8 Å². The van der Waals surface area contributed by atoms with Gasteiger partial charge in [-0.25, -0.2) is 0 Å². The summed E-state index contributed by atoms with van der Waals surface area (Å²) in [5.74, 6) is 0.713. The highest BCUT2D eigenvalue weighted by molar-refractivity contribution is 8.02. The number of rotatable bonds is 6. The predicted molar refractivity (Wildman–Crippen MR) is 62.5 cm³/mol. The molecular formula is C9H17N3OS. The molecule has 5 heteroatoms. The van der Waals surface area contributed by atoms with Crippen LogP contribution in [-0.4, -0.2) is 44.0 Å². The second kappa shape index (κ2) is 7.58. The van der Waals surface area contributed by atoms with Crippen LogP contribution in [0.15, 0.2) is 16.1 Å². The average Bonchev–Trinajstić information content (AvgIpc) is 2.17. The lowest BCUT2D eigenvalue weighted by molar-refractivity contribution is -0.127. The van der Waals surface area contributed by atoms with Crippen LogP contribution in [0, 0.1) is 0 Å². The molecular weight excluding hydrogens is 198 g/mol. The monoisotopic (exact) mass is 215 g/mol. The number of nitrogens with zero attached hydrogens (tertiary/aromatic N) is 2. The normalized spacial score (nSPS) is 11.2. The Morgan fingerprint density at radius 3 is 2.86 bits per heavy atom. The Labute approximate surface area is 89.5 Å². The SMILES string of the molecule is C=N/C(C)=C\SCN(C)C(=O)CNC. The number of allylic oxidation sites excluding steroid dienone is 1. The molecule has 0 rings (SSSR count). The summed E-state index contributed by atoms with van der Waals surface area (Å²) >= 11 is 1.53. The largest absolute Gasteiger partial charge is 0.335 e. The third-order valence-electron chi connectivity index (χ3n) is 1.53. The van der Waals surface area contributed by atoms with E-state index in [1.54, 1.807) is 19.0 Å². The third-order valence-corrected chi connectivity index (χ3v) is 2.57. The van der Waals surface area contributed by atoms with E-state index in [1.807, 2.05) is 12.3 Å². The van der Waals surface area contributed by atoms with Gasteiger partial charge in [0.05, 0.1) is 12.4 Å². The Morgan fingerprint density at radius 2 is 2.36 bits per heavy atom. The Morgan fingerprint density at radius 1 is 1.71 bits per heavy atom. The van der Waals surface area contributed by atoms with E-state index < -0.39 is 0 Å². The Hall–Kier alpha value is -0.810. The first-order valence-electron chi connectivity index (χ1n) is 4.25. The molecule has 0 aromatic carbocycles. The van der Waals surface area contributed by atoms with Gasteiger partial charge in [0.1, 0.15) is 0 Å². The lowest BCUT2D eigenvalue weighted by Crippen LogP contribution is -2.33. The average molecular weight is 215 g/mol. The van der Waals surface area contributed by atoms with Crippen LogP contribution in [0.1, 0.15) is 6.92 Å². The second-order valence-electron chi connectivity index (χ2n) is 2.84. The highest BCUT2D eigenvalue weighted by atomic mass is 32.2. The summed E-state index contributed by atoms with van der Waals surface area (Å²) in [6.07, 6.45) is 0. The summed E-state index contributed by atoms with van der Waals surface area (Å²) in [7, 11) is 3.53. The summed E-state index contributed by atoms with van der Waals surface area (Å²) in [5.41, 5.74) is 0.865. The summed E-state index contributed by atoms with van der Waals surface area (Å²) in [6.45, 7) is 5.65. The fourth-order valence-corrected chi connectivity index (χ4v) is 1.42. The molecule has 0 aliphatic heterocycles. The van der Waals surface area contributed by atoms with E-state index in [9.17, 15) is 4.79 Å². The summed E-state index contributed by atoms with van der Waals surface area (Å²) < 4.78 is 0. The van der Waals surface area contributed by atoms with Gasteiger partial charge in [-0.1, -0.05) is 0 Å². The lowest BCUT2D eigenvalue weighted by atomic mass is 10.5. The van der Waals surface area contributed by atoms with Crippen molar-refractivity contribution in [2.75, 3.05) is 26.5 Å². The minimum atomic E-state index is 0.0811. The van der Waals surface area contributed by atoms with E-state index in [4.69, 9.17) is 0 Å². The number of aliphatic imine (C=N–C) groups is 1. The molecule has 0 aliphatic carbocycles. The molecule has 0 bridgehead atoms. The van der Waals surface area contributed by atoms with Crippen LogP contribution >= 0.6 is 11.8 Å². The van der Waals surface area contributed by atoms with Crippen molar-refractivity contribution in [3.8, 4) is 0 Å². The fraction of sp³-hybridized carbons (Fsp3) is 0.556. The zero-order valence-electron chi connectivity index (χ0n) is 8.91. The molecule has 1 N–H and O–H groups in total. The van der Waals surface area contributed by atoms with E-state index >= 15 is 0 Å². The lowest BCUT2D eigenvalue weighted by Gasteiger charge is -2.15. The van der Waals surface area contributed by atoms with Crippen molar-refractivity contribution >= 4 is 24.4 Å². The van der Waals surface area contributed by atoms with Crippen LogP contribution in [0.2, 0.25) is 0 Å². The smallest absolute Gasteiger partial charge is 0.236 e. The van der Waals surface area contributed by atoms with E-state index in [-0.39, 0.29) is 5.91 Å². The van der Waals surface area contributed by atoms with Crippen molar-refractivity contribution in [3.05, 3.63) is 11.1 Å². The second-order valence-corrected chi connectivity index (χ2v) is 3.66. The Balaban J connectivity index is 3.78. The molecule has 0 saturated heterocycles. The molecule has 0 aromatic heterocycles. The van der Waals surface area contributed by atoms with Gasteiger partial charge in [-0.05, 0) is 26.1 Å². The fourth-order valence-electron chi connectivity index (χ4n) is 0.665. The van der Waals surface area contributed by atoms with Gasteiger partial charge >= 0.3 is 0 Å². The standard InChI is InChI=1S/C9H17N3OS/c1-8(11-3)6-14-7-12(4)9(13)5-10-2/h6,10H,3,5,7H2,1-2,4H3/b8-6-. The highest BCUT2D eigenvalue weighted by Crippen LogP contribution is 2.08. The van der Waals surface area contributed by atoms with E-state index in [2.05, 4.69) is 17.0 Å². The number of hydrogen-bond acceptors (Lipinski definition) is 4. The third kappa shape index (κ3) is 5.77. The van der Waals surface area contributed by atoms with Crippen LogP contribution in [0.25, 0.3) is 0 Å². The van der Waals surface area contributed by atoms with E-state index in [1.165, 1.54) is 11.8 Å². The summed E-state index contributed by atoms with van der Waals surface area (Å²) in [5, 5.41) is 4.70. The maximum atomic E-state index is 11.3. The van der Waals surface area contributed by atoms with Gasteiger partial charge in [0.25, 0.3) is 0 Å². The van der Waals surface area contributed by atoms with Crippen molar-refractivity contribution in [2.24, 2.45) is 4.99 Å². The number of amides is 1. The molecule has 0 heterocycles. The topological polar surface area (TPSA) is 44.7 Å². The van der Waals surface area contributed by atoms with Crippen molar-refractivity contribution < 1.29 is 4.79 Å². The molecule has 0 atom stereocenters. The van der Waals surface area contributed by atoms with Crippen molar-refractivity contribution in [1.29, 1.82) is 0 Å². The van der Waals surface area contributed by atoms with Crippen LogP contribution < -0.4 is 5.32 Å². The molecule has 1 amide bonds. The summed E-state index contributed by atoms with van der Waals surface area (Å²) in [4.78, 5) is 16.7.